The molecule has 2 fully saturated rings. The zero-order chi connectivity index (χ0) is 40.4. The van der Waals surface area contributed by atoms with Crippen molar-refractivity contribution in [2.45, 2.75) is 136 Å². The number of esters is 2. The topological polar surface area (TPSA) is 207 Å². The van der Waals surface area contributed by atoms with Crippen LogP contribution in [0.3, 0.4) is 0 Å². The highest BCUT2D eigenvalue weighted by Gasteiger charge is 2.43. The van der Waals surface area contributed by atoms with Gasteiger partial charge in [-0.05, 0) is 61.6 Å². The Labute approximate surface area is 319 Å². The number of fused-ring (bicyclic) bond motifs is 1. The Hall–Kier alpha value is -4.24. The molecule has 15 nitrogen and oxygen atoms in total. The number of ether oxygens (including phenoxy) is 3. The summed E-state index contributed by atoms with van der Waals surface area (Å²) in [5, 5.41) is 16.7. The first-order valence-corrected chi connectivity index (χ1v) is 19.0. The van der Waals surface area contributed by atoms with Crippen LogP contribution in [0.2, 0.25) is 0 Å². The van der Waals surface area contributed by atoms with E-state index in [4.69, 9.17) is 19.9 Å². The van der Waals surface area contributed by atoms with Crippen molar-refractivity contribution in [2.24, 2.45) is 23.5 Å². The number of nitrogens with two attached hydrogens (primary N) is 1. The van der Waals surface area contributed by atoms with E-state index in [1.54, 1.807) is 45.0 Å². The number of amides is 4. The zero-order valence-electron chi connectivity index (χ0n) is 33.2. The van der Waals surface area contributed by atoms with Gasteiger partial charge in [0.25, 0.3) is 5.91 Å². The number of nitrogens with one attached hydrogen (secondary N) is 2. The van der Waals surface area contributed by atoms with Crippen LogP contribution in [-0.2, 0) is 44.7 Å². The molecule has 3 rings (SSSR count). The molecule has 2 saturated heterocycles. The molecule has 0 saturated carbocycles. The van der Waals surface area contributed by atoms with Crippen LogP contribution in [0.15, 0.2) is 24.3 Å². The molecule has 4 amide bonds. The number of methoxy groups -OCH3 is 1. The van der Waals surface area contributed by atoms with Crippen LogP contribution in [0.1, 0.15) is 86.1 Å². The Balaban J connectivity index is 2.09. The molecule has 302 valence electrons. The predicted molar refractivity (Wildman–Crippen MR) is 200 cm³/mol. The molecule has 1 aromatic carbocycles. The quantitative estimate of drug-likeness (QED) is 0.281. The summed E-state index contributed by atoms with van der Waals surface area (Å²) in [6.45, 7) is 12.5. The van der Waals surface area contributed by atoms with Gasteiger partial charge < -0.3 is 45.5 Å². The predicted octanol–water partition coefficient (Wildman–Crippen LogP) is 1.71. The van der Waals surface area contributed by atoms with Crippen molar-refractivity contribution >= 4 is 35.6 Å². The summed E-state index contributed by atoms with van der Waals surface area (Å²) < 4.78 is 16.7. The number of carbonyl (C=O) groups is 6. The van der Waals surface area contributed by atoms with Gasteiger partial charge in [0, 0.05) is 20.0 Å². The molecule has 9 atom stereocenters. The molecular formula is C39H61N5O10. The Morgan fingerprint density at radius 1 is 0.963 bits per heavy atom. The largest absolute Gasteiger partial charge is 0.497 e. The second kappa shape index (κ2) is 19.9. The number of likely N-dealkylation sites (N-methyl/N-ethyl adjacent to an activating group) is 1. The fourth-order valence-corrected chi connectivity index (χ4v) is 6.85. The van der Waals surface area contributed by atoms with Gasteiger partial charge >= 0.3 is 11.9 Å². The van der Waals surface area contributed by atoms with Crippen molar-refractivity contribution in [1.29, 1.82) is 0 Å². The Morgan fingerprint density at radius 2 is 1.61 bits per heavy atom. The van der Waals surface area contributed by atoms with E-state index in [1.807, 2.05) is 20.8 Å². The third kappa shape index (κ3) is 11.4. The number of hydrogen-bond donors (Lipinski definition) is 4. The molecule has 1 aromatic rings. The summed E-state index contributed by atoms with van der Waals surface area (Å²) in [6, 6.07) is 1.50. The molecule has 15 heteroatoms. The summed E-state index contributed by atoms with van der Waals surface area (Å²) in [5.74, 6) is -4.32. The maximum atomic E-state index is 14.3. The van der Waals surface area contributed by atoms with E-state index in [1.165, 1.54) is 30.9 Å². The summed E-state index contributed by atoms with van der Waals surface area (Å²) >= 11 is 0. The summed E-state index contributed by atoms with van der Waals surface area (Å²) in [5.41, 5.74) is 7.01. The SMILES string of the molecule is CC[C@H](C)[C@H]1NC(=O)[C@@H](N)[C@@H](C)OC(=O)C(Cc2ccc(OC)cc2)N(C)C(=O)[C@@H]2CCCN2C(=O)[C@H](CC(C)C)NC(=O)C(C(C)C)OC(=O)C[C@@H]1O. The van der Waals surface area contributed by atoms with E-state index in [2.05, 4.69) is 10.6 Å². The van der Waals surface area contributed by atoms with Gasteiger partial charge in [0.05, 0.1) is 25.7 Å². The number of benzene rings is 1. The number of aliphatic hydroxyl groups excluding tert-OH is 1. The normalized spacial score (nSPS) is 29.2. The number of carbonyl (C=O) groups excluding carboxylic acids is 6. The minimum absolute atomic E-state index is 0.0342. The van der Waals surface area contributed by atoms with Crippen LogP contribution in [0.4, 0.5) is 0 Å². The molecule has 54 heavy (non-hydrogen) atoms. The van der Waals surface area contributed by atoms with E-state index < -0.39 is 96.4 Å². The zero-order valence-corrected chi connectivity index (χ0v) is 33.2. The maximum Gasteiger partial charge on any atom is 0.329 e. The lowest BCUT2D eigenvalue weighted by Gasteiger charge is -2.35. The van der Waals surface area contributed by atoms with Gasteiger partial charge in [0.15, 0.2) is 6.10 Å². The van der Waals surface area contributed by atoms with Crippen molar-refractivity contribution in [1.82, 2.24) is 20.4 Å². The molecule has 2 unspecified atom stereocenters. The maximum absolute atomic E-state index is 14.3. The third-order valence-corrected chi connectivity index (χ3v) is 10.4. The highest BCUT2D eigenvalue weighted by Crippen LogP contribution is 2.25. The second-order valence-corrected chi connectivity index (χ2v) is 15.4. The Kier molecular flexibility index (Phi) is 16.3. The minimum atomic E-state index is -1.41. The molecule has 2 heterocycles. The number of hydrogen-bond acceptors (Lipinski definition) is 11. The van der Waals surface area contributed by atoms with Gasteiger partial charge in [-0.2, -0.15) is 0 Å². The van der Waals surface area contributed by atoms with Crippen molar-refractivity contribution in [3.05, 3.63) is 29.8 Å². The van der Waals surface area contributed by atoms with Gasteiger partial charge in [-0.25, -0.2) is 4.79 Å². The second-order valence-electron chi connectivity index (χ2n) is 15.4. The van der Waals surface area contributed by atoms with Gasteiger partial charge in [-0.3, -0.25) is 24.0 Å². The van der Waals surface area contributed by atoms with Crippen molar-refractivity contribution in [2.75, 3.05) is 20.7 Å². The fourth-order valence-electron chi connectivity index (χ4n) is 6.85. The van der Waals surface area contributed by atoms with Crippen LogP contribution in [0.25, 0.3) is 0 Å². The molecular weight excluding hydrogens is 698 g/mol. The van der Waals surface area contributed by atoms with E-state index in [9.17, 15) is 33.9 Å². The van der Waals surface area contributed by atoms with E-state index in [0.717, 1.165) is 0 Å². The van der Waals surface area contributed by atoms with Crippen LogP contribution in [0.5, 0.6) is 5.75 Å². The molecule has 2 aliphatic rings. The highest BCUT2D eigenvalue weighted by atomic mass is 16.6. The highest BCUT2D eigenvalue weighted by molar-refractivity contribution is 5.95. The summed E-state index contributed by atoms with van der Waals surface area (Å²) in [6.07, 6.45) is -2.78. The third-order valence-electron chi connectivity index (χ3n) is 10.4. The van der Waals surface area contributed by atoms with Crippen molar-refractivity contribution in [3.63, 3.8) is 0 Å². The van der Waals surface area contributed by atoms with Gasteiger partial charge in [0.1, 0.15) is 36.0 Å². The van der Waals surface area contributed by atoms with Crippen LogP contribution in [-0.4, -0.2) is 120 Å². The lowest BCUT2D eigenvalue weighted by molar-refractivity contribution is -0.161. The monoisotopic (exact) mass is 759 g/mol. The molecule has 0 bridgehead atoms. The summed E-state index contributed by atoms with van der Waals surface area (Å²) in [4.78, 5) is 85.7. The lowest BCUT2D eigenvalue weighted by atomic mass is 9.92. The molecule has 2 aliphatic heterocycles. The standard InChI is InChI=1S/C39H61N5O10/c1-10-23(6)33-30(45)20-31(46)54-34(22(4)5)36(48)41-27(18-21(2)3)37(49)44-17-11-12-28(44)38(50)43(8)29(19-25-13-15-26(52-9)16-14-25)39(51)53-24(7)32(40)35(47)42-33/h13-16,21-24,27-30,32-34,45H,10-12,17-20,40H2,1-9H3,(H,41,48)(H,42,47)/t23-,24+,27-,28-,29?,30-,32-,33+,34?/m0/s1. The molecule has 0 aromatic heterocycles. The molecule has 0 spiro atoms. The van der Waals surface area contributed by atoms with Crippen molar-refractivity contribution in [3.8, 4) is 5.75 Å². The first kappa shape index (κ1) is 44.2. The number of aliphatic hydroxyl groups is 1. The molecule has 0 aliphatic carbocycles. The molecule has 0 radical (unpaired) electrons. The first-order valence-electron chi connectivity index (χ1n) is 19.0. The fraction of sp³-hybridized carbons (Fsp3) is 0.692. The number of nitrogens with zero attached hydrogens (tertiary/aromatic N) is 2. The van der Waals surface area contributed by atoms with Crippen LogP contribution in [0, 0.1) is 17.8 Å². The lowest BCUT2D eigenvalue weighted by Crippen LogP contribution is -2.58. The van der Waals surface area contributed by atoms with Gasteiger partial charge in [-0.15, -0.1) is 0 Å². The van der Waals surface area contributed by atoms with E-state index in [-0.39, 0.29) is 31.2 Å². The van der Waals surface area contributed by atoms with Crippen molar-refractivity contribution < 1.29 is 48.1 Å². The Bertz CT molecular complexity index is 1470. The number of cyclic esters (lactones) is 2. The smallest absolute Gasteiger partial charge is 0.329 e. The Morgan fingerprint density at radius 3 is 2.19 bits per heavy atom. The first-order chi connectivity index (χ1) is 25.4. The van der Waals surface area contributed by atoms with Crippen LogP contribution >= 0.6 is 0 Å². The number of rotatable bonds is 8. The van der Waals surface area contributed by atoms with E-state index in [0.29, 0.717) is 30.6 Å². The minimum Gasteiger partial charge on any atom is -0.497 e. The average Bonchev–Trinajstić information content (AvgIpc) is 3.62. The average molecular weight is 760 g/mol. The summed E-state index contributed by atoms with van der Waals surface area (Å²) in [7, 11) is 3.00. The van der Waals surface area contributed by atoms with Gasteiger partial charge in [-0.1, -0.05) is 60.1 Å². The molecule has 5 N–H and O–H groups in total. The van der Waals surface area contributed by atoms with Crippen LogP contribution < -0.4 is 21.1 Å². The van der Waals surface area contributed by atoms with Gasteiger partial charge in [0.2, 0.25) is 17.7 Å². The van der Waals surface area contributed by atoms with E-state index >= 15 is 0 Å².